The molecule has 1 fully saturated rings. The summed E-state index contributed by atoms with van der Waals surface area (Å²) >= 11 is 0. The zero-order chi connectivity index (χ0) is 13.2. The molecule has 0 aliphatic carbocycles. The molecular formula is C14H23N3O. The number of hydrogen-bond donors (Lipinski definition) is 1. The lowest BCUT2D eigenvalue weighted by molar-refractivity contribution is -0.128. The minimum Gasteiger partial charge on any atom is -0.317 e. The second-order valence-corrected chi connectivity index (χ2v) is 5.51. The van der Waals surface area contributed by atoms with Gasteiger partial charge in [-0.3, -0.25) is 9.48 Å². The van der Waals surface area contributed by atoms with Crippen LogP contribution in [0.25, 0.3) is 0 Å². The van der Waals surface area contributed by atoms with Crippen LogP contribution in [-0.2, 0) is 24.7 Å². The fraction of sp³-hybridized carbons (Fsp3) is 0.714. The van der Waals surface area contributed by atoms with Crippen molar-refractivity contribution in [2.24, 2.45) is 12.5 Å². The molecule has 0 amide bonds. The Labute approximate surface area is 109 Å². The van der Waals surface area contributed by atoms with Crippen LogP contribution in [0.3, 0.4) is 0 Å². The van der Waals surface area contributed by atoms with Crippen molar-refractivity contribution in [1.82, 2.24) is 15.1 Å². The smallest absolute Gasteiger partial charge is 0.144 e. The molecule has 0 saturated carbocycles. The zero-order valence-corrected chi connectivity index (χ0v) is 11.6. The number of ketones is 1. The van der Waals surface area contributed by atoms with E-state index in [4.69, 9.17) is 0 Å². The van der Waals surface area contributed by atoms with Crippen molar-refractivity contribution in [1.29, 1.82) is 0 Å². The van der Waals surface area contributed by atoms with E-state index in [0.717, 1.165) is 43.7 Å². The number of rotatable bonds is 4. The van der Waals surface area contributed by atoms with Gasteiger partial charge >= 0.3 is 0 Å². The molecule has 4 nitrogen and oxygen atoms in total. The third-order valence-corrected chi connectivity index (χ3v) is 4.11. The molecule has 0 spiro atoms. The van der Waals surface area contributed by atoms with Crippen LogP contribution in [0.1, 0.15) is 38.1 Å². The highest BCUT2D eigenvalue weighted by molar-refractivity contribution is 5.86. The molecule has 1 saturated heterocycles. The molecule has 1 aromatic heterocycles. The van der Waals surface area contributed by atoms with Gasteiger partial charge in [-0.05, 0) is 38.4 Å². The van der Waals surface area contributed by atoms with E-state index in [2.05, 4.69) is 30.3 Å². The second kappa shape index (κ2) is 5.22. The van der Waals surface area contributed by atoms with E-state index in [9.17, 15) is 4.79 Å². The zero-order valence-electron chi connectivity index (χ0n) is 11.6. The third kappa shape index (κ3) is 2.64. The lowest BCUT2D eigenvalue weighted by Gasteiger charge is -2.32. The van der Waals surface area contributed by atoms with Crippen LogP contribution in [-0.4, -0.2) is 28.7 Å². The molecule has 0 aromatic carbocycles. The Bertz CT molecular complexity index is 430. The highest BCUT2D eigenvalue weighted by Gasteiger charge is 2.34. The number of carbonyl (C=O) groups is 1. The van der Waals surface area contributed by atoms with Gasteiger partial charge in [0.2, 0.25) is 0 Å². The Morgan fingerprint density at radius 2 is 2.17 bits per heavy atom. The van der Waals surface area contributed by atoms with Crippen molar-refractivity contribution >= 4 is 5.78 Å². The van der Waals surface area contributed by atoms with Crippen molar-refractivity contribution in [3.8, 4) is 0 Å². The molecule has 1 aliphatic rings. The van der Waals surface area contributed by atoms with E-state index in [0.29, 0.717) is 12.2 Å². The van der Waals surface area contributed by atoms with Crippen LogP contribution in [0.4, 0.5) is 0 Å². The highest BCUT2D eigenvalue weighted by Crippen LogP contribution is 2.30. The summed E-state index contributed by atoms with van der Waals surface area (Å²) in [4.78, 5) is 12.5. The predicted molar refractivity (Wildman–Crippen MR) is 71.5 cm³/mol. The largest absolute Gasteiger partial charge is 0.317 e. The van der Waals surface area contributed by atoms with Gasteiger partial charge in [0.25, 0.3) is 0 Å². The Morgan fingerprint density at radius 1 is 1.50 bits per heavy atom. The van der Waals surface area contributed by atoms with E-state index in [1.165, 1.54) is 0 Å². The topological polar surface area (TPSA) is 46.9 Å². The van der Waals surface area contributed by atoms with Gasteiger partial charge in [-0.2, -0.15) is 5.10 Å². The maximum Gasteiger partial charge on any atom is 0.144 e. The maximum atomic E-state index is 12.5. The Hall–Kier alpha value is -1.16. The molecule has 0 radical (unpaired) electrons. The summed E-state index contributed by atoms with van der Waals surface area (Å²) in [5, 5.41) is 7.72. The Kier molecular flexibility index (Phi) is 3.85. The van der Waals surface area contributed by atoms with E-state index < -0.39 is 0 Å². The number of aromatic nitrogens is 2. The highest BCUT2D eigenvalue weighted by atomic mass is 16.1. The minimum absolute atomic E-state index is 0.151. The van der Waals surface area contributed by atoms with Crippen molar-refractivity contribution in [3.63, 3.8) is 0 Å². The van der Waals surface area contributed by atoms with E-state index in [1.807, 2.05) is 11.7 Å². The molecule has 0 unspecified atom stereocenters. The fourth-order valence-electron chi connectivity index (χ4n) is 2.54. The predicted octanol–water partition coefficient (Wildman–Crippen LogP) is 1.48. The first-order valence-corrected chi connectivity index (χ1v) is 6.81. The summed E-state index contributed by atoms with van der Waals surface area (Å²) in [6.45, 7) is 6.09. The van der Waals surface area contributed by atoms with Crippen LogP contribution in [0.2, 0.25) is 0 Å². The van der Waals surface area contributed by atoms with Gasteiger partial charge in [-0.15, -0.1) is 0 Å². The standard InChI is InChI=1S/C14H23N3O/c1-4-11-9-12(17(3)16-11)10-13(18)14(2)5-7-15-8-6-14/h9,15H,4-8,10H2,1-3H3. The molecule has 0 atom stereocenters. The average molecular weight is 249 g/mol. The number of nitrogens with one attached hydrogen (secondary N) is 1. The van der Waals surface area contributed by atoms with Crippen LogP contribution >= 0.6 is 0 Å². The Morgan fingerprint density at radius 3 is 2.72 bits per heavy atom. The normalized spacial score (nSPS) is 18.8. The van der Waals surface area contributed by atoms with Gasteiger partial charge in [-0.1, -0.05) is 13.8 Å². The summed E-state index contributed by atoms with van der Waals surface area (Å²) in [5.74, 6) is 0.356. The second-order valence-electron chi connectivity index (χ2n) is 5.51. The molecule has 1 aliphatic heterocycles. The monoisotopic (exact) mass is 249 g/mol. The van der Waals surface area contributed by atoms with Gasteiger partial charge in [0, 0.05) is 24.6 Å². The van der Waals surface area contributed by atoms with Crippen LogP contribution in [0, 0.1) is 5.41 Å². The average Bonchev–Trinajstić information content (AvgIpc) is 2.71. The summed E-state index contributed by atoms with van der Waals surface area (Å²) in [7, 11) is 1.92. The maximum absolute atomic E-state index is 12.5. The number of aryl methyl sites for hydroxylation is 2. The first-order valence-electron chi connectivity index (χ1n) is 6.81. The van der Waals surface area contributed by atoms with Crippen molar-refractivity contribution in [3.05, 3.63) is 17.5 Å². The quantitative estimate of drug-likeness (QED) is 0.879. The van der Waals surface area contributed by atoms with Crippen molar-refractivity contribution in [2.45, 2.75) is 39.5 Å². The molecule has 18 heavy (non-hydrogen) atoms. The van der Waals surface area contributed by atoms with Gasteiger partial charge in [0.05, 0.1) is 5.69 Å². The summed E-state index contributed by atoms with van der Waals surface area (Å²) in [6, 6.07) is 2.06. The molecule has 2 rings (SSSR count). The van der Waals surface area contributed by atoms with Gasteiger partial charge < -0.3 is 5.32 Å². The number of hydrogen-bond acceptors (Lipinski definition) is 3. The van der Waals surface area contributed by atoms with E-state index >= 15 is 0 Å². The van der Waals surface area contributed by atoms with Gasteiger partial charge in [-0.25, -0.2) is 0 Å². The van der Waals surface area contributed by atoms with Gasteiger partial charge in [0.1, 0.15) is 5.78 Å². The first-order chi connectivity index (χ1) is 8.55. The Balaban J connectivity index is 2.08. The molecular weight excluding hydrogens is 226 g/mol. The molecule has 1 aromatic rings. The lowest BCUT2D eigenvalue weighted by atomic mass is 9.76. The summed E-state index contributed by atoms with van der Waals surface area (Å²) in [5.41, 5.74) is 1.95. The lowest BCUT2D eigenvalue weighted by Crippen LogP contribution is -2.40. The van der Waals surface area contributed by atoms with E-state index in [1.54, 1.807) is 0 Å². The molecule has 0 bridgehead atoms. The number of Topliss-reactive ketones (excluding diaryl/α,β-unsaturated/α-hetero) is 1. The summed E-state index contributed by atoms with van der Waals surface area (Å²) in [6.07, 6.45) is 3.33. The first kappa shape index (κ1) is 13.3. The van der Waals surface area contributed by atoms with Crippen molar-refractivity contribution < 1.29 is 4.79 Å². The molecule has 100 valence electrons. The fourth-order valence-corrected chi connectivity index (χ4v) is 2.54. The van der Waals surface area contributed by atoms with E-state index in [-0.39, 0.29) is 5.41 Å². The molecule has 1 N–H and O–H groups in total. The third-order valence-electron chi connectivity index (χ3n) is 4.11. The molecule has 2 heterocycles. The van der Waals surface area contributed by atoms with Crippen LogP contribution < -0.4 is 5.32 Å². The SMILES string of the molecule is CCc1cc(CC(=O)C2(C)CCNCC2)n(C)n1. The number of piperidine rings is 1. The van der Waals surface area contributed by atoms with Crippen molar-refractivity contribution in [2.75, 3.05) is 13.1 Å². The molecule has 4 heteroatoms. The van der Waals surface area contributed by atoms with Crippen LogP contribution in [0.5, 0.6) is 0 Å². The minimum atomic E-state index is -0.151. The number of carbonyl (C=O) groups excluding carboxylic acids is 1. The number of nitrogens with zero attached hydrogens (tertiary/aromatic N) is 2. The summed E-state index contributed by atoms with van der Waals surface area (Å²) < 4.78 is 1.85. The van der Waals surface area contributed by atoms with Gasteiger partial charge in [0.15, 0.2) is 0 Å². The van der Waals surface area contributed by atoms with Crippen LogP contribution in [0.15, 0.2) is 6.07 Å².